The van der Waals surface area contributed by atoms with Crippen molar-refractivity contribution in [2.24, 2.45) is 0 Å². The third-order valence-electron chi connectivity index (χ3n) is 5.00. The van der Waals surface area contributed by atoms with Crippen molar-refractivity contribution in [3.63, 3.8) is 0 Å². The summed E-state index contributed by atoms with van der Waals surface area (Å²) in [6.07, 6.45) is 1.25. The van der Waals surface area contributed by atoms with Gasteiger partial charge in [-0.15, -0.1) is 0 Å². The molecule has 0 unspecified atom stereocenters. The van der Waals surface area contributed by atoms with Crippen LogP contribution in [-0.2, 0) is 5.41 Å². The molecule has 0 aliphatic carbocycles. The fourth-order valence-corrected chi connectivity index (χ4v) is 3.27. The first-order valence-electron chi connectivity index (χ1n) is 9.97. The van der Waals surface area contributed by atoms with Crippen molar-refractivity contribution in [1.82, 2.24) is 0 Å². The Morgan fingerprint density at radius 2 is 0.724 bits per heavy atom. The molecule has 0 atom stereocenters. The average Bonchev–Trinajstić information content (AvgIpc) is 2.79. The Morgan fingerprint density at radius 1 is 0.517 bits per heavy atom. The van der Waals surface area contributed by atoms with E-state index in [9.17, 15) is 0 Å². The van der Waals surface area contributed by atoms with Crippen LogP contribution in [0.5, 0.6) is 17.2 Å². The van der Waals surface area contributed by atoms with E-state index in [-0.39, 0.29) is 5.41 Å². The highest BCUT2D eigenvalue weighted by atomic mass is 16.5. The maximum Gasteiger partial charge on any atom is 0.118 e. The van der Waals surface area contributed by atoms with Gasteiger partial charge < -0.3 is 14.2 Å². The SMILES string of the molecule is CCC.COc1ccc(C(C)(c2ccc(OC)cc2)c2ccc(OC)cc2)cc1. The van der Waals surface area contributed by atoms with Crippen LogP contribution in [0.25, 0.3) is 0 Å². The molecule has 0 aromatic heterocycles. The molecule has 0 saturated heterocycles. The first-order chi connectivity index (χ1) is 14.0. The lowest BCUT2D eigenvalue weighted by atomic mass is 9.71. The van der Waals surface area contributed by atoms with Gasteiger partial charge in [-0.2, -0.15) is 0 Å². The molecule has 0 amide bonds. The molecule has 0 aliphatic heterocycles. The summed E-state index contributed by atoms with van der Waals surface area (Å²) in [4.78, 5) is 0. The van der Waals surface area contributed by atoms with Crippen LogP contribution in [0.1, 0.15) is 43.9 Å². The number of rotatable bonds is 6. The Balaban J connectivity index is 0.000000941. The van der Waals surface area contributed by atoms with Gasteiger partial charge in [0.1, 0.15) is 17.2 Å². The molecule has 0 saturated carbocycles. The van der Waals surface area contributed by atoms with Gasteiger partial charge >= 0.3 is 0 Å². The van der Waals surface area contributed by atoms with E-state index in [1.165, 1.54) is 23.1 Å². The normalized spacial score (nSPS) is 10.6. The van der Waals surface area contributed by atoms with Crippen molar-refractivity contribution < 1.29 is 14.2 Å². The van der Waals surface area contributed by atoms with Gasteiger partial charge in [0.2, 0.25) is 0 Å². The highest BCUT2D eigenvalue weighted by Crippen LogP contribution is 2.40. The van der Waals surface area contributed by atoms with Crippen LogP contribution in [-0.4, -0.2) is 21.3 Å². The van der Waals surface area contributed by atoms with Crippen molar-refractivity contribution in [3.05, 3.63) is 89.5 Å². The van der Waals surface area contributed by atoms with Gasteiger partial charge in [0, 0.05) is 5.41 Å². The second kappa shape index (κ2) is 10.6. The molecule has 0 bridgehead atoms. The summed E-state index contributed by atoms with van der Waals surface area (Å²) in [6.45, 7) is 6.48. The molecule has 154 valence electrons. The summed E-state index contributed by atoms with van der Waals surface area (Å²) in [5.74, 6) is 2.54. The smallest absolute Gasteiger partial charge is 0.118 e. The topological polar surface area (TPSA) is 27.7 Å². The van der Waals surface area contributed by atoms with E-state index < -0.39 is 0 Å². The Labute approximate surface area is 175 Å². The Hall–Kier alpha value is -2.94. The maximum absolute atomic E-state index is 5.32. The molecule has 3 heteroatoms. The van der Waals surface area contributed by atoms with Crippen molar-refractivity contribution in [1.29, 1.82) is 0 Å². The molecule has 0 fully saturated rings. The molecule has 29 heavy (non-hydrogen) atoms. The van der Waals surface area contributed by atoms with Gasteiger partial charge in [0.15, 0.2) is 0 Å². The van der Waals surface area contributed by atoms with E-state index in [2.05, 4.69) is 57.2 Å². The third-order valence-corrected chi connectivity index (χ3v) is 5.00. The molecule has 3 rings (SSSR count). The molecule has 0 aliphatic rings. The van der Waals surface area contributed by atoms with Crippen LogP contribution in [0.4, 0.5) is 0 Å². The molecule has 3 aromatic rings. The molecular weight excluding hydrogens is 360 g/mol. The fraction of sp³-hybridized carbons (Fsp3) is 0.308. The van der Waals surface area contributed by atoms with E-state index in [0.29, 0.717) is 0 Å². The number of hydrogen-bond acceptors (Lipinski definition) is 3. The van der Waals surface area contributed by atoms with Crippen LogP contribution >= 0.6 is 0 Å². The predicted octanol–water partition coefficient (Wildman–Crippen LogP) is 6.48. The van der Waals surface area contributed by atoms with E-state index >= 15 is 0 Å². The van der Waals surface area contributed by atoms with Crippen LogP contribution in [0.2, 0.25) is 0 Å². The summed E-state index contributed by atoms with van der Waals surface area (Å²) in [5.41, 5.74) is 3.25. The Kier molecular flexibility index (Phi) is 8.14. The molecular formula is C26H32O3. The van der Waals surface area contributed by atoms with Gasteiger partial charge in [-0.25, -0.2) is 0 Å². The van der Waals surface area contributed by atoms with Gasteiger partial charge in [-0.05, 0) is 60.0 Å². The Bertz CT molecular complexity index is 734. The predicted molar refractivity (Wildman–Crippen MR) is 121 cm³/mol. The number of methoxy groups -OCH3 is 3. The minimum Gasteiger partial charge on any atom is -0.497 e. The standard InChI is InChI=1S/C23H24O3.C3H8/c1-23(17-5-11-20(24-2)12-6-17,18-7-13-21(25-3)14-8-18)19-9-15-22(26-4)16-10-19;1-3-2/h5-16H,1-4H3;3H2,1-2H3. The molecule has 0 N–H and O–H groups in total. The zero-order chi connectivity index (χ0) is 21.3. The quantitative estimate of drug-likeness (QED) is 0.449. The molecule has 0 radical (unpaired) electrons. The molecule has 0 spiro atoms. The fourth-order valence-electron chi connectivity index (χ4n) is 3.27. The first kappa shape index (κ1) is 22.4. The zero-order valence-corrected chi connectivity index (χ0v) is 18.4. The van der Waals surface area contributed by atoms with Crippen molar-refractivity contribution in [2.45, 2.75) is 32.6 Å². The lowest BCUT2D eigenvalue weighted by molar-refractivity contribution is 0.413. The van der Waals surface area contributed by atoms with Crippen LogP contribution in [0.3, 0.4) is 0 Å². The van der Waals surface area contributed by atoms with Crippen LogP contribution in [0, 0.1) is 0 Å². The lowest BCUT2D eigenvalue weighted by Gasteiger charge is -2.32. The third kappa shape index (κ3) is 5.11. The highest BCUT2D eigenvalue weighted by Gasteiger charge is 2.31. The molecule has 0 heterocycles. The van der Waals surface area contributed by atoms with E-state index in [0.717, 1.165) is 17.2 Å². The summed E-state index contributed by atoms with van der Waals surface area (Å²) < 4.78 is 16.0. The van der Waals surface area contributed by atoms with E-state index in [1.54, 1.807) is 21.3 Å². The lowest BCUT2D eigenvalue weighted by Crippen LogP contribution is -2.25. The summed E-state index contributed by atoms with van der Waals surface area (Å²) in [7, 11) is 5.05. The Morgan fingerprint density at radius 3 is 0.897 bits per heavy atom. The van der Waals surface area contributed by atoms with Gasteiger partial charge in [-0.1, -0.05) is 56.7 Å². The van der Waals surface area contributed by atoms with E-state index in [4.69, 9.17) is 14.2 Å². The van der Waals surface area contributed by atoms with Crippen LogP contribution in [0.15, 0.2) is 72.8 Å². The summed E-state index contributed by atoms with van der Waals surface area (Å²) in [6, 6.07) is 24.7. The highest BCUT2D eigenvalue weighted by molar-refractivity contribution is 5.52. The van der Waals surface area contributed by atoms with Gasteiger partial charge in [0.25, 0.3) is 0 Å². The maximum atomic E-state index is 5.32. The second-order valence-corrected chi connectivity index (χ2v) is 7.02. The van der Waals surface area contributed by atoms with E-state index in [1.807, 2.05) is 36.4 Å². The minimum atomic E-state index is -0.315. The van der Waals surface area contributed by atoms with Crippen LogP contribution < -0.4 is 14.2 Å². The van der Waals surface area contributed by atoms with Crippen molar-refractivity contribution >= 4 is 0 Å². The summed E-state index contributed by atoms with van der Waals surface area (Å²) >= 11 is 0. The average molecular weight is 393 g/mol. The number of hydrogen-bond donors (Lipinski definition) is 0. The molecule has 3 nitrogen and oxygen atoms in total. The first-order valence-corrected chi connectivity index (χ1v) is 9.97. The second-order valence-electron chi connectivity index (χ2n) is 7.02. The minimum absolute atomic E-state index is 0.315. The monoisotopic (exact) mass is 392 g/mol. The number of benzene rings is 3. The summed E-state index contributed by atoms with van der Waals surface area (Å²) in [5, 5.41) is 0. The van der Waals surface area contributed by atoms with Gasteiger partial charge in [-0.3, -0.25) is 0 Å². The van der Waals surface area contributed by atoms with Crippen molar-refractivity contribution in [2.75, 3.05) is 21.3 Å². The van der Waals surface area contributed by atoms with Crippen molar-refractivity contribution in [3.8, 4) is 17.2 Å². The van der Waals surface area contributed by atoms with Gasteiger partial charge in [0.05, 0.1) is 21.3 Å². The zero-order valence-electron chi connectivity index (χ0n) is 18.4. The largest absolute Gasteiger partial charge is 0.497 e. The molecule has 3 aromatic carbocycles. The number of ether oxygens (including phenoxy) is 3.